The number of rotatable bonds is 2. The van der Waals surface area contributed by atoms with E-state index in [0.717, 1.165) is 13.1 Å². The summed E-state index contributed by atoms with van der Waals surface area (Å²) >= 11 is 0. The van der Waals surface area contributed by atoms with Gasteiger partial charge in [0, 0.05) is 32.2 Å². The molecule has 1 aliphatic heterocycles. The van der Waals surface area contributed by atoms with Crippen LogP contribution < -0.4 is 5.43 Å². The molecule has 0 aromatic rings. The fourth-order valence-electron chi connectivity index (χ4n) is 1.30. The lowest BCUT2D eigenvalue weighted by atomic mass is 10.3. The molecule has 1 fully saturated rings. The van der Waals surface area contributed by atoms with E-state index in [1.165, 1.54) is 13.1 Å². The Labute approximate surface area is 69.3 Å². The Morgan fingerprint density at radius 3 is 2.09 bits per heavy atom. The summed E-state index contributed by atoms with van der Waals surface area (Å²) in [6.07, 6.45) is 0. The van der Waals surface area contributed by atoms with Crippen molar-refractivity contribution in [2.24, 2.45) is 0 Å². The number of likely N-dealkylation sites (N-methyl/N-ethyl adjacent to an activating group) is 1. The van der Waals surface area contributed by atoms with Gasteiger partial charge in [0.15, 0.2) is 0 Å². The van der Waals surface area contributed by atoms with Crippen LogP contribution in [0.3, 0.4) is 0 Å². The van der Waals surface area contributed by atoms with Gasteiger partial charge in [-0.05, 0) is 20.9 Å². The molecule has 66 valence electrons. The molecule has 0 saturated carbocycles. The van der Waals surface area contributed by atoms with E-state index in [0.29, 0.717) is 6.04 Å². The second kappa shape index (κ2) is 4.04. The summed E-state index contributed by atoms with van der Waals surface area (Å²) in [5.74, 6) is 0. The quantitative estimate of drug-likeness (QED) is 0.615. The Kier molecular flexibility index (Phi) is 3.30. The fraction of sp³-hybridized carbons (Fsp3) is 1.00. The largest absolute Gasteiger partial charge is 0.304 e. The van der Waals surface area contributed by atoms with Crippen LogP contribution in [-0.2, 0) is 0 Å². The first kappa shape index (κ1) is 8.97. The molecule has 3 heteroatoms. The van der Waals surface area contributed by atoms with Gasteiger partial charge in [-0.25, -0.2) is 5.01 Å². The molecule has 0 radical (unpaired) electrons. The van der Waals surface area contributed by atoms with Crippen LogP contribution in [0.1, 0.15) is 13.8 Å². The minimum Gasteiger partial charge on any atom is -0.304 e. The summed E-state index contributed by atoms with van der Waals surface area (Å²) in [6.45, 7) is 9.01. The van der Waals surface area contributed by atoms with E-state index in [9.17, 15) is 0 Å². The van der Waals surface area contributed by atoms with Gasteiger partial charge in [0.1, 0.15) is 0 Å². The van der Waals surface area contributed by atoms with Crippen LogP contribution in [0.2, 0.25) is 0 Å². The third-order valence-corrected chi connectivity index (χ3v) is 1.94. The lowest BCUT2D eigenvalue weighted by molar-refractivity contribution is 0.0930. The summed E-state index contributed by atoms with van der Waals surface area (Å²) in [7, 11) is 2.17. The molecule has 0 bridgehead atoms. The molecule has 1 heterocycles. The number of hydrogen-bond acceptors (Lipinski definition) is 3. The smallest absolute Gasteiger partial charge is 0.0259 e. The first-order valence-corrected chi connectivity index (χ1v) is 4.38. The van der Waals surface area contributed by atoms with E-state index in [1.807, 2.05) is 0 Å². The first-order chi connectivity index (χ1) is 5.18. The van der Waals surface area contributed by atoms with E-state index in [1.54, 1.807) is 0 Å². The zero-order valence-electron chi connectivity index (χ0n) is 7.80. The standard InChI is InChI=1S/C8H19N3/c1-8(2)9-11-6-4-10(3)5-7-11/h8-9H,4-7H2,1-3H3. The van der Waals surface area contributed by atoms with Gasteiger partial charge in [-0.2, -0.15) is 0 Å². The van der Waals surface area contributed by atoms with Crippen LogP contribution in [0.4, 0.5) is 0 Å². The summed E-state index contributed by atoms with van der Waals surface area (Å²) in [5, 5.41) is 2.31. The molecular formula is C8H19N3. The highest BCUT2D eigenvalue weighted by Gasteiger charge is 2.13. The van der Waals surface area contributed by atoms with Gasteiger partial charge in [0.25, 0.3) is 0 Å². The van der Waals surface area contributed by atoms with Crippen LogP contribution >= 0.6 is 0 Å². The second-order valence-corrected chi connectivity index (χ2v) is 3.57. The van der Waals surface area contributed by atoms with Crippen LogP contribution in [0.15, 0.2) is 0 Å². The summed E-state index contributed by atoms with van der Waals surface area (Å²) in [5.41, 5.74) is 3.41. The van der Waals surface area contributed by atoms with E-state index in [-0.39, 0.29) is 0 Å². The van der Waals surface area contributed by atoms with Crippen molar-refractivity contribution >= 4 is 0 Å². The summed E-state index contributed by atoms with van der Waals surface area (Å²) in [6, 6.07) is 0.568. The predicted molar refractivity (Wildman–Crippen MR) is 47.3 cm³/mol. The van der Waals surface area contributed by atoms with Crippen LogP contribution in [0.25, 0.3) is 0 Å². The molecule has 11 heavy (non-hydrogen) atoms. The van der Waals surface area contributed by atoms with Gasteiger partial charge in [0.2, 0.25) is 0 Å². The Bertz CT molecular complexity index is 106. The van der Waals surface area contributed by atoms with Crippen LogP contribution in [0, 0.1) is 0 Å². The van der Waals surface area contributed by atoms with Crippen molar-refractivity contribution in [3.05, 3.63) is 0 Å². The predicted octanol–water partition coefficient (Wildman–Crippen LogP) is 0.147. The average molecular weight is 157 g/mol. The second-order valence-electron chi connectivity index (χ2n) is 3.57. The van der Waals surface area contributed by atoms with Crippen LogP contribution in [-0.4, -0.2) is 49.2 Å². The minimum atomic E-state index is 0.568. The van der Waals surface area contributed by atoms with Gasteiger partial charge in [-0.3, -0.25) is 5.43 Å². The Morgan fingerprint density at radius 2 is 1.64 bits per heavy atom. The highest BCUT2D eigenvalue weighted by molar-refractivity contribution is 4.66. The molecule has 1 saturated heterocycles. The van der Waals surface area contributed by atoms with Gasteiger partial charge in [-0.1, -0.05) is 0 Å². The molecule has 0 aromatic carbocycles. The van der Waals surface area contributed by atoms with Crippen LogP contribution in [0.5, 0.6) is 0 Å². The highest BCUT2D eigenvalue weighted by Crippen LogP contribution is 1.95. The number of piperazine rings is 1. The third-order valence-electron chi connectivity index (χ3n) is 1.94. The molecule has 0 spiro atoms. The first-order valence-electron chi connectivity index (χ1n) is 4.38. The van der Waals surface area contributed by atoms with Gasteiger partial charge in [0.05, 0.1) is 0 Å². The van der Waals surface area contributed by atoms with E-state index < -0.39 is 0 Å². The number of nitrogens with one attached hydrogen (secondary N) is 1. The third kappa shape index (κ3) is 3.18. The van der Waals surface area contributed by atoms with Crippen molar-refractivity contribution in [3.8, 4) is 0 Å². The Hall–Kier alpha value is -0.120. The highest BCUT2D eigenvalue weighted by atomic mass is 15.5. The topological polar surface area (TPSA) is 18.5 Å². The summed E-state index contributed by atoms with van der Waals surface area (Å²) < 4.78 is 0. The van der Waals surface area contributed by atoms with Gasteiger partial charge >= 0.3 is 0 Å². The zero-order valence-corrected chi connectivity index (χ0v) is 7.80. The zero-order chi connectivity index (χ0) is 8.27. The lowest BCUT2D eigenvalue weighted by Gasteiger charge is -2.33. The minimum absolute atomic E-state index is 0.568. The average Bonchev–Trinajstić information content (AvgIpc) is 1.93. The maximum atomic E-state index is 3.41. The molecule has 0 aromatic heterocycles. The molecule has 1 N–H and O–H groups in total. The monoisotopic (exact) mass is 157 g/mol. The lowest BCUT2D eigenvalue weighted by Crippen LogP contribution is -2.52. The van der Waals surface area contributed by atoms with E-state index in [2.05, 4.69) is 36.2 Å². The molecular weight excluding hydrogens is 138 g/mol. The van der Waals surface area contributed by atoms with Crippen molar-refractivity contribution in [2.45, 2.75) is 19.9 Å². The molecule has 0 atom stereocenters. The van der Waals surface area contributed by atoms with Crippen molar-refractivity contribution in [3.63, 3.8) is 0 Å². The fourth-order valence-corrected chi connectivity index (χ4v) is 1.30. The van der Waals surface area contributed by atoms with Gasteiger partial charge < -0.3 is 4.90 Å². The normalized spacial score (nSPS) is 22.9. The van der Waals surface area contributed by atoms with E-state index >= 15 is 0 Å². The molecule has 1 rings (SSSR count). The van der Waals surface area contributed by atoms with Crippen molar-refractivity contribution < 1.29 is 0 Å². The molecule has 3 nitrogen and oxygen atoms in total. The maximum Gasteiger partial charge on any atom is 0.0259 e. The van der Waals surface area contributed by atoms with Gasteiger partial charge in [-0.15, -0.1) is 0 Å². The molecule has 0 aliphatic carbocycles. The Balaban J connectivity index is 2.17. The number of hydrogen-bond donors (Lipinski definition) is 1. The number of nitrogens with zero attached hydrogens (tertiary/aromatic N) is 2. The van der Waals surface area contributed by atoms with Crippen molar-refractivity contribution in [1.82, 2.24) is 15.3 Å². The Morgan fingerprint density at radius 1 is 1.09 bits per heavy atom. The van der Waals surface area contributed by atoms with E-state index in [4.69, 9.17) is 0 Å². The summed E-state index contributed by atoms with van der Waals surface area (Å²) in [4.78, 5) is 2.36. The SMILES string of the molecule is CC(C)NN1CCN(C)CC1. The molecule has 1 aliphatic rings. The van der Waals surface area contributed by atoms with Crippen molar-refractivity contribution in [2.75, 3.05) is 33.2 Å². The molecule has 0 amide bonds. The maximum absolute atomic E-state index is 3.41. The number of hydrazine groups is 1. The van der Waals surface area contributed by atoms with Crippen molar-refractivity contribution in [1.29, 1.82) is 0 Å². The molecule has 0 unspecified atom stereocenters.